The van der Waals surface area contributed by atoms with Gasteiger partial charge in [0.2, 0.25) is 17.7 Å². The van der Waals surface area contributed by atoms with Crippen LogP contribution in [0.3, 0.4) is 0 Å². The summed E-state index contributed by atoms with van der Waals surface area (Å²) in [6, 6.07) is -0.840. The molecule has 218 valence electrons. The maximum absolute atomic E-state index is 15.0. The van der Waals surface area contributed by atoms with Crippen LogP contribution in [-0.4, -0.2) is 106 Å². The van der Waals surface area contributed by atoms with Gasteiger partial charge in [-0.05, 0) is 33.7 Å². The van der Waals surface area contributed by atoms with E-state index in [0.717, 1.165) is 30.8 Å². The summed E-state index contributed by atoms with van der Waals surface area (Å²) in [4.78, 5) is 46.5. The van der Waals surface area contributed by atoms with Crippen molar-refractivity contribution >= 4 is 23.9 Å². The Morgan fingerprint density at radius 1 is 1.12 bits per heavy atom. The van der Waals surface area contributed by atoms with Crippen LogP contribution in [0.15, 0.2) is 24.7 Å². The van der Waals surface area contributed by atoms with E-state index in [1.54, 1.807) is 6.92 Å². The summed E-state index contributed by atoms with van der Waals surface area (Å²) in [6.07, 6.45) is 4.40. The molecule has 0 saturated carbocycles. The number of aromatic nitrogens is 4. The van der Waals surface area contributed by atoms with Crippen LogP contribution in [-0.2, 0) is 0 Å². The molecule has 2 aliphatic rings. The maximum atomic E-state index is 15.0. The number of anilines is 2. The highest BCUT2D eigenvalue weighted by atomic mass is 19.3. The summed E-state index contributed by atoms with van der Waals surface area (Å²) in [5.74, 6) is -2.68. The second kappa shape index (κ2) is 12.1. The predicted octanol–water partition coefficient (Wildman–Crippen LogP) is 2.62. The van der Waals surface area contributed by atoms with E-state index >= 15 is 0 Å². The summed E-state index contributed by atoms with van der Waals surface area (Å²) in [6.45, 7) is 5.58. The van der Waals surface area contributed by atoms with E-state index in [9.17, 15) is 18.4 Å². The predicted molar refractivity (Wildman–Crippen MR) is 142 cm³/mol. The molecule has 2 N–H and O–H groups in total. The SMILES string of the molecule is CCOc1cnc(NC(=O)N(C)[C@H]2CN(c3nccc(OC(=O)NC4(C)CCN(C)CC4)n3)CCC2(F)F)cn1. The number of nitrogens with zero attached hydrogens (tertiary/aromatic N) is 7. The number of rotatable bonds is 7. The molecular formula is C25H35F2N9O4. The third-order valence-corrected chi connectivity index (χ3v) is 7.13. The summed E-state index contributed by atoms with van der Waals surface area (Å²) in [5, 5.41) is 5.39. The first-order chi connectivity index (χ1) is 19.0. The van der Waals surface area contributed by atoms with Crippen LogP contribution < -0.4 is 25.0 Å². The monoisotopic (exact) mass is 563 g/mol. The highest BCUT2D eigenvalue weighted by Crippen LogP contribution is 2.33. The molecule has 0 unspecified atom stereocenters. The first-order valence-electron chi connectivity index (χ1n) is 13.1. The lowest BCUT2D eigenvalue weighted by Crippen LogP contribution is -2.60. The summed E-state index contributed by atoms with van der Waals surface area (Å²) >= 11 is 0. The fourth-order valence-corrected chi connectivity index (χ4v) is 4.56. The van der Waals surface area contributed by atoms with Gasteiger partial charge >= 0.3 is 12.1 Å². The fourth-order valence-electron chi connectivity index (χ4n) is 4.56. The Labute approximate surface area is 231 Å². The highest BCUT2D eigenvalue weighted by molar-refractivity contribution is 5.88. The number of likely N-dealkylation sites (tertiary alicyclic amines) is 1. The standard InChI is InChI=1S/C25H35F2N9O4/c1-5-39-20-15-29-18(14-30-20)31-22(37)35(4)17-16-36(13-9-25(17,26)27)21-28-10-6-19(32-21)40-23(38)33-24(2)7-11-34(3)12-8-24/h6,10,14-15,17H,5,7-9,11-13,16H2,1-4H3,(H,33,38)(H,29,31,37)/t17-/m0/s1. The van der Waals surface area contributed by atoms with Gasteiger partial charge in [0.05, 0.1) is 19.0 Å². The van der Waals surface area contributed by atoms with Crippen LogP contribution >= 0.6 is 0 Å². The molecule has 13 nitrogen and oxygen atoms in total. The van der Waals surface area contributed by atoms with Gasteiger partial charge in [-0.15, -0.1) is 0 Å². The van der Waals surface area contributed by atoms with E-state index in [2.05, 4.69) is 35.5 Å². The van der Waals surface area contributed by atoms with E-state index in [4.69, 9.17) is 9.47 Å². The van der Waals surface area contributed by atoms with Gasteiger partial charge in [0, 0.05) is 57.4 Å². The molecule has 0 aromatic carbocycles. The number of ether oxygens (including phenoxy) is 2. The van der Waals surface area contributed by atoms with Gasteiger partial charge in [0.15, 0.2) is 5.82 Å². The second-order valence-corrected chi connectivity index (χ2v) is 10.3. The molecule has 3 amide bonds. The van der Waals surface area contributed by atoms with Crippen molar-refractivity contribution in [3.05, 3.63) is 24.7 Å². The van der Waals surface area contributed by atoms with Crippen molar-refractivity contribution in [3.63, 3.8) is 0 Å². The van der Waals surface area contributed by atoms with Crippen LogP contribution in [0.2, 0.25) is 0 Å². The van der Waals surface area contributed by atoms with Crippen molar-refractivity contribution in [1.29, 1.82) is 0 Å². The van der Waals surface area contributed by atoms with E-state index in [1.807, 2.05) is 14.0 Å². The second-order valence-electron chi connectivity index (χ2n) is 10.3. The lowest BCUT2D eigenvalue weighted by Gasteiger charge is -2.42. The molecule has 0 aliphatic carbocycles. The minimum atomic E-state index is -3.16. The molecule has 2 aromatic heterocycles. The van der Waals surface area contributed by atoms with Gasteiger partial charge < -0.3 is 29.5 Å². The lowest BCUT2D eigenvalue weighted by molar-refractivity contribution is -0.0760. The number of nitrogens with one attached hydrogen (secondary N) is 2. The first kappa shape index (κ1) is 29.1. The third-order valence-electron chi connectivity index (χ3n) is 7.13. The first-order valence-corrected chi connectivity index (χ1v) is 13.1. The van der Waals surface area contributed by atoms with Crippen LogP contribution in [0.5, 0.6) is 11.8 Å². The Kier molecular flexibility index (Phi) is 8.81. The molecule has 0 bridgehead atoms. The lowest BCUT2D eigenvalue weighted by atomic mass is 9.90. The molecule has 2 saturated heterocycles. The molecule has 2 fully saturated rings. The molecule has 1 atom stereocenters. The van der Waals surface area contributed by atoms with Crippen LogP contribution in [0, 0.1) is 0 Å². The summed E-state index contributed by atoms with van der Waals surface area (Å²) < 4.78 is 40.5. The van der Waals surface area contributed by atoms with E-state index in [-0.39, 0.29) is 36.6 Å². The number of carbonyl (C=O) groups excluding carboxylic acids is 2. The Balaban J connectivity index is 1.39. The van der Waals surface area contributed by atoms with Crippen molar-refractivity contribution in [2.24, 2.45) is 0 Å². The molecule has 15 heteroatoms. The number of carbonyl (C=O) groups is 2. The average molecular weight is 564 g/mol. The minimum Gasteiger partial charge on any atom is -0.477 e. The fraction of sp³-hybridized carbons (Fsp3) is 0.600. The Morgan fingerprint density at radius 3 is 2.55 bits per heavy atom. The smallest absolute Gasteiger partial charge is 0.414 e. The number of alkyl halides is 2. The van der Waals surface area contributed by atoms with Crippen molar-refractivity contribution in [2.75, 3.05) is 57.1 Å². The summed E-state index contributed by atoms with van der Waals surface area (Å²) in [5.41, 5.74) is -0.396. The molecule has 2 aliphatic heterocycles. The molecule has 2 aromatic rings. The number of piperidine rings is 2. The Hall–Kier alpha value is -3.88. The van der Waals surface area contributed by atoms with Crippen LogP contribution in [0.4, 0.5) is 30.1 Å². The Morgan fingerprint density at radius 2 is 1.88 bits per heavy atom. The largest absolute Gasteiger partial charge is 0.477 e. The third kappa shape index (κ3) is 7.20. The molecule has 0 radical (unpaired) electrons. The minimum absolute atomic E-state index is 0.00640. The van der Waals surface area contributed by atoms with Gasteiger partial charge in [-0.1, -0.05) is 0 Å². The molecule has 0 spiro atoms. The van der Waals surface area contributed by atoms with Gasteiger partial charge in [-0.2, -0.15) is 4.98 Å². The zero-order chi connectivity index (χ0) is 28.9. The van der Waals surface area contributed by atoms with Crippen molar-refractivity contribution < 1.29 is 27.8 Å². The number of hydrogen-bond acceptors (Lipinski definition) is 10. The number of halogens is 2. The molecule has 4 rings (SSSR count). The highest BCUT2D eigenvalue weighted by Gasteiger charge is 2.48. The van der Waals surface area contributed by atoms with Gasteiger partial charge in [-0.25, -0.2) is 33.3 Å². The number of urea groups is 1. The molecule has 4 heterocycles. The maximum Gasteiger partial charge on any atom is 0.414 e. The van der Waals surface area contributed by atoms with E-state index in [1.165, 1.54) is 36.6 Å². The van der Waals surface area contributed by atoms with Crippen molar-refractivity contribution in [3.8, 4) is 11.8 Å². The number of hydrogen-bond donors (Lipinski definition) is 2. The van der Waals surface area contributed by atoms with Crippen molar-refractivity contribution in [1.82, 2.24) is 35.1 Å². The normalized spacial score (nSPS) is 20.4. The topological polar surface area (TPSA) is 138 Å². The summed E-state index contributed by atoms with van der Waals surface area (Å²) in [7, 11) is 3.32. The van der Waals surface area contributed by atoms with Gasteiger partial charge in [-0.3, -0.25) is 5.32 Å². The van der Waals surface area contributed by atoms with E-state index < -0.39 is 36.0 Å². The zero-order valence-electron chi connectivity index (χ0n) is 23.1. The zero-order valence-corrected chi connectivity index (χ0v) is 23.1. The van der Waals surface area contributed by atoms with Crippen LogP contribution in [0.1, 0.15) is 33.1 Å². The molecular weight excluding hydrogens is 528 g/mol. The molecule has 40 heavy (non-hydrogen) atoms. The average Bonchev–Trinajstić information content (AvgIpc) is 2.91. The Bertz CT molecular complexity index is 1180. The number of likely N-dealkylation sites (N-methyl/N-ethyl adjacent to an activating group) is 1. The van der Waals surface area contributed by atoms with E-state index in [0.29, 0.717) is 6.61 Å². The number of amides is 3. The van der Waals surface area contributed by atoms with Gasteiger partial charge in [0.25, 0.3) is 5.92 Å². The quantitative estimate of drug-likeness (QED) is 0.517. The van der Waals surface area contributed by atoms with Gasteiger partial charge in [0.1, 0.15) is 6.04 Å². The van der Waals surface area contributed by atoms with Crippen molar-refractivity contribution in [2.45, 2.75) is 50.6 Å². The van der Waals surface area contributed by atoms with Crippen LogP contribution in [0.25, 0.3) is 0 Å².